The van der Waals surface area contributed by atoms with Crippen LogP contribution in [0.4, 0.5) is 4.39 Å². The van der Waals surface area contributed by atoms with Crippen molar-refractivity contribution < 1.29 is 13.9 Å². The van der Waals surface area contributed by atoms with E-state index in [9.17, 15) is 4.39 Å². The van der Waals surface area contributed by atoms with E-state index in [1.807, 2.05) is 0 Å². The number of methoxy groups -OCH3 is 1. The van der Waals surface area contributed by atoms with Crippen LogP contribution in [0.5, 0.6) is 5.75 Å². The Morgan fingerprint density at radius 3 is 2.96 bits per heavy atom. The maximum absolute atomic E-state index is 13.6. The smallest absolute Gasteiger partial charge is 0.123 e. The minimum Gasteiger partial charge on any atom is -0.496 e. The fourth-order valence-electron chi connectivity index (χ4n) is 4.07. The van der Waals surface area contributed by atoms with Gasteiger partial charge in [0.25, 0.3) is 0 Å². The van der Waals surface area contributed by atoms with Gasteiger partial charge >= 0.3 is 0 Å². The number of hydrogen-bond acceptors (Lipinski definition) is 3. The molecule has 2 heterocycles. The summed E-state index contributed by atoms with van der Waals surface area (Å²) in [5.41, 5.74) is 0.894. The van der Waals surface area contributed by atoms with Gasteiger partial charge in [0, 0.05) is 12.6 Å². The number of nitrogens with one attached hydrogen (secondary N) is 1. The molecule has 0 spiro atoms. The fourth-order valence-corrected chi connectivity index (χ4v) is 4.07. The summed E-state index contributed by atoms with van der Waals surface area (Å²) in [6.45, 7) is 1.98. The molecule has 1 aromatic carbocycles. The molecule has 0 amide bonds. The van der Waals surface area contributed by atoms with Gasteiger partial charge in [-0.2, -0.15) is 0 Å². The Balaban J connectivity index is 1.66. The monoisotopic (exact) mass is 321 g/mol. The molecule has 2 aliphatic heterocycles. The third-order valence-electron chi connectivity index (χ3n) is 5.31. The van der Waals surface area contributed by atoms with Crippen molar-refractivity contribution in [3.05, 3.63) is 29.6 Å². The number of ether oxygens (including phenoxy) is 2. The first-order valence-electron chi connectivity index (χ1n) is 8.91. The van der Waals surface area contributed by atoms with Crippen LogP contribution in [0.15, 0.2) is 18.2 Å². The molecule has 3 nitrogen and oxygen atoms in total. The van der Waals surface area contributed by atoms with Crippen molar-refractivity contribution in [2.45, 2.75) is 63.0 Å². The molecule has 0 saturated carbocycles. The molecule has 0 radical (unpaired) electrons. The average Bonchev–Trinajstić information content (AvgIpc) is 3.03. The van der Waals surface area contributed by atoms with Crippen LogP contribution in [0.1, 0.15) is 50.5 Å². The third-order valence-corrected chi connectivity index (χ3v) is 5.31. The summed E-state index contributed by atoms with van der Waals surface area (Å²) in [5, 5.41) is 3.64. The van der Waals surface area contributed by atoms with Gasteiger partial charge in [-0.05, 0) is 75.3 Å². The average molecular weight is 321 g/mol. The second-order valence-electron chi connectivity index (χ2n) is 6.94. The number of piperidine rings is 1. The van der Waals surface area contributed by atoms with Gasteiger partial charge in [0.1, 0.15) is 11.6 Å². The summed E-state index contributed by atoms with van der Waals surface area (Å²) >= 11 is 0. The lowest BCUT2D eigenvalue weighted by atomic mass is 9.84. The maximum atomic E-state index is 13.6. The summed E-state index contributed by atoms with van der Waals surface area (Å²) in [6.07, 6.45) is 8.89. The lowest BCUT2D eigenvalue weighted by Crippen LogP contribution is -2.42. The van der Waals surface area contributed by atoms with Gasteiger partial charge in [-0.25, -0.2) is 4.39 Å². The minimum atomic E-state index is -0.198. The lowest BCUT2D eigenvalue weighted by Gasteiger charge is -2.35. The molecule has 2 aliphatic rings. The summed E-state index contributed by atoms with van der Waals surface area (Å²) in [5.74, 6) is 0.575. The molecule has 23 heavy (non-hydrogen) atoms. The molecule has 3 rings (SSSR count). The number of hydrogen-bond donors (Lipinski definition) is 1. The van der Waals surface area contributed by atoms with Gasteiger partial charge in [0.05, 0.1) is 12.7 Å². The first kappa shape index (κ1) is 16.7. The van der Waals surface area contributed by atoms with Gasteiger partial charge in [0.15, 0.2) is 0 Å². The molecule has 4 heteroatoms. The first-order chi connectivity index (χ1) is 11.2. The summed E-state index contributed by atoms with van der Waals surface area (Å²) in [6, 6.07) is 5.34. The SMILES string of the molecule is COc1ccc(F)cc1CCC1(CC2CCCCN2)CCCO1. The van der Waals surface area contributed by atoms with Crippen molar-refractivity contribution in [1.82, 2.24) is 5.32 Å². The second kappa shape index (κ2) is 7.63. The molecule has 2 saturated heterocycles. The molecule has 128 valence electrons. The van der Waals surface area contributed by atoms with Crippen molar-refractivity contribution in [3.8, 4) is 5.75 Å². The number of halogens is 1. The molecule has 1 aromatic rings. The molecule has 0 aliphatic carbocycles. The molecule has 0 bridgehead atoms. The zero-order valence-corrected chi connectivity index (χ0v) is 14.1. The molecule has 1 N–H and O–H groups in total. The van der Waals surface area contributed by atoms with Gasteiger partial charge in [0.2, 0.25) is 0 Å². The summed E-state index contributed by atoms with van der Waals surface area (Å²) < 4.78 is 25.1. The number of benzene rings is 1. The Morgan fingerprint density at radius 1 is 1.35 bits per heavy atom. The molecular formula is C19H28FNO2. The summed E-state index contributed by atoms with van der Waals surface area (Å²) in [4.78, 5) is 0. The van der Waals surface area contributed by atoms with Crippen LogP contribution in [0.2, 0.25) is 0 Å². The standard InChI is InChI=1S/C19H28FNO2/c1-22-18-7-6-16(20)13-15(18)8-10-19(9-4-12-23-19)14-17-5-2-3-11-21-17/h6-7,13,17,21H,2-5,8-12,14H2,1H3. The van der Waals surface area contributed by atoms with Gasteiger partial charge in [-0.1, -0.05) is 6.42 Å². The van der Waals surface area contributed by atoms with Crippen LogP contribution in [0.25, 0.3) is 0 Å². The van der Waals surface area contributed by atoms with Gasteiger partial charge in [-0.3, -0.25) is 0 Å². The van der Waals surface area contributed by atoms with Crippen LogP contribution in [-0.4, -0.2) is 31.9 Å². The van der Waals surface area contributed by atoms with E-state index in [2.05, 4.69) is 5.32 Å². The Bertz CT molecular complexity index is 508. The van der Waals surface area contributed by atoms with Gasteiger partial charge < -0.3 is 14.8 Å². The van der Waals surface area contributed by atoms with Gasteiger partial charge in [-0.15, -0.1) is 0 Å². The predicted molar refractivity (Wildman–Crippen MR) is 89.4 cm³/mol. The molecule has 2 atom stereocenters. The van der Waals surface area contributed by atoms with E-state index < -0.39 is 0 Å². The largest absolute Gasteiger partial charge is 0.496 e. The first-order valence-corrected chi connectivity index (χ1v) is 8.91. The number of aryl methyl sites for hydroxylation is 1. The Hall–Kier alpha value is -1.13. The van der Waals surface area contributed by atoms with Crippen LogP contribution in [0, 0.1) is 5.82 Å². The predicted octanol–water partition coefficient (Wildman–Crippen LogP) is 3.85. The fraction of sp³-hybridized carbons (Fsp3) is 0.684. The van der Waals surface area contributed by atoms with E-state index in [4.69, 9.17) is 9.47 Å². The highest BCUT2D eigenvalue weighted by atomic mass is 19.1. The van der Waals surface area contributed by atoms with Crippen LogP contribution < -0.4 is 10.1 Å². The van der Waals surface area contributed by atoms with Crippen molar-refractivity contribution >= 4 is 0 Å². The quantitative estimate of drug-likeness (QED) is 0.863. The molecule has 0 aromatic heterocycles. The maximum Gasteiger partial charge on any atom is 0.123 e. The Morgan fingerprint density at radius 2 is 2.26 bits per heavy atom. The Kier molecular flexibility index (Phi) is 5.54. The van der Waals surface area contributed by atoms with E-state index in [0.29, 0.717) is 6.04 Å². The highest BCUT2D eigenvalue weighted by Crippen LogP contribution is 2.37. The highest BCUT2D eigenvalue weighted by Gasteiger charge is 2.37. The number of rotatable bonds is 6. The lowest BCUT2D eigenvalue weighted by molar-refractivity contribution is -0.0189. The van der Waals surface area contributed by atoms with Crippen LogP contribution in [0.3, 0.4) is 0 Å². The van der Waals surface area contributed by atoms with Crippen LogP contribution in [-0.2, 0) is 11.2 Å². The highest BCUT2D eigenvalue weighted by molar-refractivity contribution is 5.34. The van der Waals surface area contributed by atoms with E-state index in [0.717, 1.165) is 56.6 Å². The van der Waals surface area contributed by atoms with E-state index in [1.54, 1.807) is 19.2 Å². The van der Waals surface area contributed by atoms with E-state index in [1.165, 1.54) is 25.3 Å². The molecule has 2 fully saturated rings. The third kappa shape index (κ3) is 4.24. The van der Waals surface area contributed by atoms with E-state index >= 15 is 0 Å². The van der Waals surface area contributed by atoms with Crippen molar-refractivity contribution in [2.24, 2.45) is 0 Å². The molecule has 2 unspecified atom stereocenters. The zero-order chi connectivity index (χ0) is 16.1. The van der Waals surface area contributed by atoms with Crippen molar-refractivity contribution in [3.63, 3.8) is 0 Å². The van der Waals surface area contributed by atoms with Crippen molar-refractivity contribution in [2.75, 3.05) is 20.3 Å². The zero-order valence-electron chi connectivity index (χ0n) is 14.1. The van der Waals surface area contributed by atoms with Crippen molar-refractivity contribution in [1.29, 1.82) is 0 Å². The summed E-state index contributed by atoms with van der Waals surface area (Å²) in [7, 11) is 1.64. The Labute approximate surface area is 138 Å². The van der Waals surface area contributed by atoms with Crippen LogP contribution >= 0.6 is 0 Å². The normalized spacial score (nSPS) is 28.0. The topological polar surface area (TPSA) is 30.5 Å². The van der Waals surface area contributed by atoms with E-state index in [-0.39, 0.29) is 11.4 Å². The second-order valence-corrected chi connectivity index (χ2v) is 6.94. The molecular weight excluding hydrogens is 293 g/mol. The minimum absolute atomic E-state index is 0.0493.